The fraction of sp³-hybridized carbons (Fsp3) is 0.571. The van der Waals surface area contributed by atoms with Gasteiger partial charge in [-0.3, -0.25) is 11.3 Å². The summed E-state index contributed by atoms with van der Waals surface area (Å²) in [6, 6.07) is 6.06. The lowest BCUT2D eigenvalue weighted by Gasteiger charge is -2.18. The van der Waals surface area contributed by atoms with Gasteiger partial charge in [-0.1, -0.05) is 55.0 Å². The maximum absolute atomic E-state index is 6.00. The molecule has 0 amide bonds. The zero-order valence-electron chi connectivity index (χ0n) is 11.1. The number of hydrogen-bond acceptors (Lipinski definition) is 3. The molecule has 0 bridgehead atoms. The van der Waals surface area contributed by atoms with E-state index < -0.39 is 0 Å². The van der Waals surface area contributed by atoms with E-state index in [1.54, 1.807) is 0 Å². The molecule has 0 fully saturated rings. The maximum Gasteiger partial charge on any atom is 0.0480 e. The minimum Gasteiger partial charge on any atom is -0.398 e. The SMILES string of the molecule is CCCCCCCC(NN)c1cc(Br)ccc1N. The Morgan fingerprint density at radius 3 is 2.61 bits per heavy atom. The van der Waals surface area contributed by atoms with Gasteiger partial charge in [-0.25, -0.2) is 0 Å². The van der Waals surface area contributed by atoms with Crippen LogP contribution in [-0.2, 0) is 0 Å². The first-order chi connectivity index (χ1) is 8.69. The molecule has 102 valence electrons. The number of benzene rings is 1. The van der Waals surface area contributed by atoms with Crippen molar-refractivity contribution in [3.63, 3.8) is 0 Å². The Bertz CT molecular complexity index is 355. The molecule has 1 aromatic rings. The zero-order chi connectivity index (χ0) is 13.4. The molecule has 0 saturated heterocycles. The monoisotopic (exact) mass is 313 g/mol. The van der Waals surface area contributed by atoms with Crippen LogP contribution in [0.4, 0.5) is 5.69 Å². The molecule has 0 aliphatic rings. The molecule has 0 spiro atoms. The van der Waals surface area contributed by atoms with E-state index in [0.29, 0.717) is 0 Å². The summed E-state index contributed by atoms with van der Waals surface area (Å²) < 4.78 is 1.04. The van der Waals surface area contributed by atoms with E-state index in [9.17, 15) is 0 Å². The summed E-state index contributed by atoms with van der Waals surface area (Å²) >= 11 is 3.47. The molecule has 0 saturated carbocycles. The molecule has 0 aliphatic heterocycles. The van der Waals surface area contributed by atoms with Gasteiger partial charge < -0.3 is 5.73 Å². The maximum atomic E-state index is 6.00. The number of hydrazine groups is 1. The summed E-state index contributed by atoms with van der Waals surface area (Å²) in [7, 11) is 0. The highest BCUT2D eigenvalue weighted by atomic mass is 79.9. The van der Waals surface area contributed by atoms with E-state index in [2.05, 4.69) is 28.3 Å². The largest absolute Gasteiger partial charge is 0.398 e. The summed E-state index contributed by atoms with van der Waals surface area (Å²) in [5.74, 6) is 5.64. The highest BCUT2D eigenvalue weighted by Crippen LogP contribution is 2.27. The van der Waals surface area contributed by atoms with Crippen LogP contribution in [0.5, 0.6) is 0 Å². The minimum atomic E-state index is 0.143. The molecule has 4 heteroatoms. The van der Waals surface area contributed by atoms with Crippen LogP contribution in [0, 0.1) is 0 Å². The lowest BCUT2D eigenvalue weighted by atomic mass is 9.99. The number of nitrogens with one attached hydrogen (secondary N) is 1. The molecule has 18 heavy (non-hydrogen) atoms. The third-order valence-corrected chi connectivity index (χ3v) is 3.72. The minimum absolute atomic E-state index is 0.143. The van der Waals surface area contributed by atoms with Crippen LogP contribution < -0.4 is 17.0 Å². The van der Waals surface area contributed by atoms with Crippen LogP contribution in [0.25, 0.3) is 0 Å². The third-order valence-electron chi connectivity index (χ3n) is 3.22. The van der Waals surface area contributed by atoms with E-state index in [4.69, 9.17) is 11.6 Å². The van der Waals surface area contributed by atoms with Gasteiger partial charge in [0, 0.05) is 16.2 Å². The van der Waals surface area contributed by atoms with Gasteiger partial charge in [0.1, 0.15) is 0 Å². The molecule has 1 atom stereocenters. The number of anilines is 1. The van der Waals surface area contributed by atoms with E-state index in [0.717, 1.165) is 22.1 Å². The van der Waals surface area contributed by atoms with E-state index >= 15 is 0 Å². The molecule has 1 aromatic carbocycles. The Morgan fingerprint density at radius 2 is 1.94 bits per heavy atom. The van der Waals surface area contributed by atoms with Crippen LogP contribution in [0.1, 0.15) is 57.1 Å². The van der Waals surface area contributed by atoms with Crippen molar-refractivity contribution in [1.82, 2.24) is 5.43 Å². The van der Waals surface area contributed by atoms with Gasteiger partial charge >= 0.3 is 0 Å². The second kappa shape index (κ2) is 8.51. The standard InChI is InChI=1S/C14H24BrN3/c1-2-3-4-5-6-7-14(18-17)12-10-11(15)8-9-13(12)16/h8-10,14,18H,2-7,16-17H2,1H3. The van der Waals surface area contributed by atoms with Gasteiger partial charge in [-0.05, 0) is 30.2 Å². The molecular formula is C14H24BrN3. The van der Waals surface area contributed by atoms with Crippen LogP contribution in [0.2, 0.25) is 0 Å². The molecule has 5 N–H and O–H groups in total. The Hall–Kier alpha value is -0.580. The molecule has 1 unspecified atom stereocenters. The Labute approximate surface area is 118 Å². The molecule has 0 aromatic heterocycles. The zero-order valence-corrected chi connectivity index (χ0v) is 12.7. The predicted octanol–water partition coefficient (Wildman–Crippen LogP) is 3.90. The number of halogens is 1. The fourth-order valence-corrected chi connectivity index (χ4v) is 2.51. The summed E-state index contributed by atoms with van der Waals surface area (Å²) in [5.41, 5.74) is 10.8. The molecular weight excluding hydrogens is 290 g/mol. The average Bonchev–Trinajstić information content (AvgIpc) is 2.37. The lowest BCUT2D eigenvalue weighted by molar-refractivity contribution is 0.480. The number of nitrogens with two attached hydrogens (primary N) is 2. The van der Waals surface area contributed by atoms with Crippen LogP contribution >= 0.6 is 15.9 Å². The van der Waals surface area contributed by atoms with Gasteiger partial charge in [0.05, 0.1) is 0 Å². The number of rotatable bonds is 8. The predicted molar refractivity (Wildman–Crippen MR) is 82.0 cm³/mol. The quantitative estimate of drug-likeness (QED) is 0.295. The topological polar surface area (TPSA) is 64.1 Å². The Kier molecular flexibility index (Phi) is 7.32. The van der Waals surface area contributed by atoms with Crippen molar-refractivity contribution >= 4 is 21.6 Å². The van der Waals surface area contributed by atoms with Crippen LogP contribution in [-0.4, -0.2) is 0 Å². The van der Waals surface area contributed by atoms with Crippen molar-refractivity contribution in [2.24, 2.45) is 5.84 Å². The van der Waals surface area contributed by atoms with Gasteiger partial charge in [-0.15, -0.1) is 0 Å². The summed E-state index contributed by atoms with van der Waals surface area (Å²) in [5, 5.41) is 0. The smallest absolute Gasteiger partial charge is 0.0480 e. The highest BCUT2D eigenvalue weighted by molar-refractivity contribution is 9.10. The van der Waals surface area contributed by atoms with Gasteiger partial charge in [-0.2, -0.15) is 0 Å². The number of unbranched alkanes of at least 4 members (excludes halogenated alkanes) is 4. The molecule has 3 nitrogen and oxygen atoms in total. The molecule has 0 aliphatic carbocycles. The molecule has 1 rings (SSSR count). The van der Waals surface area contributed by atoms with Crippen molar-refractivity contribution in [3.05, 3.63) is 28.2 Å². The van der Waals surface area contributed by atoms with Crippen molar-refractivity contribution in [2.75, 3.05) is 5.73 Å². The molecule has 0 radical (unpaired) electrons. The highest BCUT2D eigenvalue weighted by Gasteiger charge is 2.12. The summed E-state index contributed by atoms with van der Waals surface area (Å²) in [6.45, 7) is 2.23. The second-order valence-electron chi connectivity index (χ2n) is 4.70. The first-order valence-electron chi connectivity index (χ1n) is 6.70. The van der Waals surface area contributed by atoms with Crippen LogP contribution in [0.15, 0.2) is 22.7 Å². The van der Waals surface area contributed by atoms with Crippen molar-refractivity contribution in [1.29, 1.82) is 0 Å². The van der Waals surface area contributed by atoms with Crippen molar-refractivity contribution in [3.8, 4) is 0 Å². The first kappa shape index (κ1) is 15.5. The number of nitrogen functional groups attached to an aromatic ring is 1. The summed E-state index contributed by atoms with van der Waals surface area (Å²) in [4.78, 5) is 0. The van der Waals surface area contributed by atoms with Gasteiger partial charge in [0.15, 0.2) is 0 Å². The summed E-state index contributed by atoms with van der Waals surface area (Å²) in [6.07, 6.45) is 7.38. The van der Waals surface area contributed by atoms with E-state index in [-0.39, 0.29) is 6.04 Å². The second-order valence-corrected chi connectivity index (χ2v) is 5.61. The normalized spacial score (nSPS) is 12.6. The third kappa shape index (κ3) is 4.96. The Balaban J connectivity index is 2.52. The van der Waals surface area contributed by atoms with E-state index in [1.807, 2.05) is 18.2 Å². The van der Waals surface area contributed by atoms with Crippen molar-refractivity contribution in [2.45, 2.75) is 51.5 Å². The van der Waals surface area contributed by atoms with Crippen molar-refractivity contribution < 1.29 is 0 Å². The Morgan fingerprint density at radius 1 is 1.22 bits per heavy atom. The molecule has 0 heterocycles. The fourth-order valence-electron chi connectivity index (χ4n) is 2.13. The lowest BCUT2D eigenvalue weighted by Crippen LogP contribution is -2.28. The van der Waals surface area contributed by atoms with Gasteiger partial charge in [0.25, 0.3) is 0 Å². The van der Waals surface area contributed by atoms with E-state index in [1.165, 1.54) is 32.1 Å². The first-order valence-corrected chi connectivity index (χ1v) is 7.49. The average molecular weight is 314 g/mol. The number of hydrogen-bond donors (Lipinski definition) is 3. The van der Waals surface area contributed by atoms with Gasteiger partial charge in [0.2, 0.25) is 0 Å². The van der Waals surface area contributed by atoms with Crippen LogP contribution in [0.3, 0.4) is 0 Å².